The van der Waals surface area contributed by atoms with E-state index in [1.165, 1.54) is 0 Å². The molecule has 0 atom stereocenters. The minimum Gasteiger partial charge on any atom is -0.341 e. The molecule has 0 saturated heterocycles. The molecule has 0 spiro atoms. The number of carbonyl (C=O) groups is 1. The number of halogens is 1. The fraction of sp³-hybridized carbons (Fsp3) is 0.176. The zero-order valence-electron chi connectivity index (χ0n) is 11.7. The molecule has 2 aromatic carbocycles. The van der Waals surface area contributed by atoms with E-state index in [9.17, 15) is 4.79 Å². The molecule has 2 rings (SSSR count). The van der Waals surface area contributed by atoms with Gasteiger partial charge in [0.15, 0.2) is 0 Å². The van der Waals surface area contributed by atoms with Crippen molar-refractivity contribution >= 4 is 17.5 Å². The van der Waals surface area contributed by atoms with E-state index in [0.29, 0.717) is 23.6 Å². The maximum atomic E-state index is 12.2. The van der Waals surface area contributed by atoms with E-state index >= 15 is 0 Å². The number of nitrogens with zero attached hydrogens (tertiary/aromatic N) is 2. The van der Waals surface area contributed by atoms with Crippen LogP contribution in [-0.2, 0) is 17.8 Å². The Morgan fingerprint density at radius 1 is 1.10 bits per heavy atom. The van der Waals surface area contributed by atoms with E-state index in [4.69, 9.17) is 16.9 Å². The molecule has 0 radical (unpaired) electrons. The van der Waals surface area contributed by atoms with Crippen LogP contribution in [0.2, 0.25) is 5.02 Å². The number of benzene rings is 2. The van der Waals surface area contributed by atoms with Gasteiger partial charge in [-0.25, -0.2) is 0 Å². The standard InChI is InChI=1S/C17H15ClN2O/c1-20(12-15-6-8-16(18)9-7-15)17(21)10-13-2-4-14(11-19)5-3-13/h2-9H,10,12H2,1H3. The molecule has 21 heavy (non-hydrogen) atoms. The Balaban J connectivity index is 1.95. The summed E-state index contributed by atoms with van der Waals surface area (Å²) >= 11 is 5.84. The summed E-state index contributed by atoms with van der Waals surface area (Å²) < 4.78 is 0. The fourth-order valence-corrected chi connectivity index (χ4v) is 2.08. The van der Waals surface area contributed by atoms with Gasteiger partial charge in [0.2, 0.25) is 5.91 Å². The lowest BCUT2D eigenvalue weighted by Crippen LogP contribution is -2.27. The van der Waals surface area contributed by atoms with Crippen molar-refractivity contribution in [2.24, 2.45) is 0 Å². The van der Waals surface area contributed by atoms with Crippen LogP contribution in [0, 0.1) is 11.3 Å². The van der Waals surface area contributed by atoms with E-state index in [1.807, 2.05) is 36.4 Å². The first-order chi connectivity index (χ1) is 10.1. The summed E-state index contributed by atoms with van der Waals surface area (Å²) in [5.74, 6) is 0.0367. The largest absolute Gasteiger partial charge is 0.341 e. The molecule has 0 fully saturated rings. The van der Waals surface area contributed by atoms with Gasteiger partial charge in [-0.2, -0.15) is 5.26 Å². The van der Waals surface area contributed by atoms with Crippen molar-refractivity contribution in [3.8, 4) is 6.07 Å². The van der Waals surface area contributed by atoms with Gasteiger partial charge < -0.3 is 4.90 Å². The monoisotopic (exact) mass is 298 g/mol. The van der Waals surface area contributed by atoms with E-state index < -0.39 is 0 Å². The van der Waals surface area contributed by atoms with Gasteiger partial charge in [-0.1, -0.05) is 35.9 Å². The van der Waals surface area contributed by atoms with Gasteiger partial charge >= 0.3 is 0 Å². The molecule has 0 saturated carbocycles. The van der Waals surface area contributed by atoms with Crippen molar-refractivity contribution in [1.82, 2.24) is 4.90 Å². The number of likely N-dealkylation sites (N-methyl/N-ethyl adjacent to an activating group) is 1. The molecule has 0 aliphatic rings. The van der Waals surface area contributed by atoms with Crippen LogP contribution in [0.5, 0.6) is 0 Å². The van der Waals surface area contributed by atoms with Gasteiger partial charge in [-0.3, -0.25) is 4.79 Å². The Hall–Kier alpha value is -2.31. The van der Waals surface area contributed by atoms with Gasteiger partial charge in [0.05, 0.1) is 18.1 Å². The number of hydrogen-bond donors (Lipinski definition) is 0. The zero-order valence-corrected chi connectivity index (χ0v) is 12.5. The summed E-state index contributed by atoms with van der Waals surface area (Å²) in [5, 5.41) is 9.43. The highest BCUT2D eigenvalue weighted by Gasteiger charge is 2.10. The minimum atomic E-state index is 0.0367. The van der Waals surface area contributed by atoms with Crippen LogP contribution in [-0.4, -0.2) is 17.9 Å². The van der Waals surface area contributed by atoms with Crippen LogP contribution in [0.3, 0.4) is 0 Å². The van der Waals surface area contributed by atoms with Gasteiger partial charge in [-0.05, 0) is 35.4 Å². The lowest BCUT2D eigenvalue weighted by molar-refractivity contribution is -0.129. The maximum absolute atomic E-state index is 12.2. The predicted octanol–water partition coefficient (Wildman–Crippen LogP) is 3.41. The van der Waals surface area contributed by atoms with E-state index in [1.54, 1.807) is 24.1 Å². The average Bonchev–Trinajstić information content (AvgIpc) is 2.50. The van der Waals surface area contributed by atoms with Crippen LogP contribution in [0.25, 0.3) is 0 Å². The Morgan fingerprint density at radius 2 is 1.67 bits per heavy atom. The number of carbonyl (C=O) groups excluding carboxylic acids is 1. The second kappa shape index (κ2) is 6.92. The zero-order chi connectivity index (χ0) is 15.2. The summed E-state index contributed by atoms with van der Waals surface area (Å²) in [6, 6.07) is 16.6. The summed E-state index contributed by atoms with van der Waals surface area (Å²) in [7, 11) is 1.78. The molecule has 106 valence electrons. The predicted molar refractivity (Wildman–Crippen MR) is 82.8 cm³/mol. The van der Waals surface area contributed by atoms with Crippen LogP contribution in [0.15, 0.2) is 48.5 Å². The summed E-state index contributed by atoms with van der Waals surface area (Å²) in [6.07, 6.45) is 0.329. The molecule has 0 aliphatic carbocycles. The first-order valence-corrected chi connectivity index (χ1v) is 6.94. The van der Waals surface area contributed by atoms with Crippen molar-refractivity contribution < 1.29 is 4.79 Å². The molecule has 4 heteroatoms. The Kier molecular flexibility index (Phi) is 4.97. The summed E-state index contributed by atoms with van der Waals surface area (Å²) in [5.41, 5.74) is 2.54. The number of hydrogen-bond acceptors (Lipinski definition) is 2. The topological polar surface area (TPSA) is 44.1 Å². The third-order valence-electron chi connectivity index (χ3n) is 3.20. The minimum absolute atomic E-state index is 0.0367. The van der Waals surface area contributed by atoms with Crippen molar-refractivity contribution in [1.29, 1.82) is 5.26 Å². The van der Waals surface area contributed by atoms with Crippen molar-refractivity contribution in [2.45, 2.75) is 13.0 Å². The Morgan fingerprint density at radius 3 is 2.24 bits per heavy atom. The summed E-state index contributed by atoms with van der Waals surface area (Å²) in [4.78, 5) is 13.9. The first-order valence-electron chi connectivity index (χ1n) is 6.56. The van der Waals surface area contributed by atoms with E-state index in [2.05, 4.69) is 6.07 Å². The molecule has 2 aromatic rings. The molecule has 3 nitrogen and oxygen atoms in total. The maximum Gasteiger partial charge on any atom is 0.227 e. The SMILES string of the molecule is CN(Cc1ccc(Cl)cc1)C(=O)Cc1ccc(C#N)cc1. The quantitative estimate of drug-likeness (QED) is 0.868. The lowest BCUT2D eigenvalue weighted by atomic mass is 10.1. The van der Waals surface area contributed by atoms with Crippen molar-refractivity contribution in [2.75, 3.05) is 7.05 Å². The highest BCUT2D eigenvalue weighted by Crippen LogP contribution is 2.12. The molecule has 0 heterocycles. The Bertz CT molecular complexity index is 657. The molecule has 0 aromatic heterocycles. The molecular formula is C17H15ClN2O. The van der Waals surface area contributed by atoms with Crippen molar-refractivity contribution in [3.63, 3.8) is 0 Å². The first kappa shape index (κ1) is 15.1. The molecule has 1 amide bonds. The fourth-order valence-electron chi connectivity index (χ4n) is 1.96. The van der Waals surface area contributed by atoms with E-state index in [0.717, 1.165) is 11.1 Å². The number of rotatable bonds is 4. The number of nitriles is 1. The van der Waals surface area contributed by atoms with Crippen LogP contribution < -0.4 is 0 Å². The second-order valence-electron chi connectivity index (χ2n) is 4.86. The smallest absolute Gasteiger partial charge is 0.227 e. The van der Waals surface area contributed by atoms with Gasteiger partial charge in [0.25, 0.3) is 0 Å². The normalized spacial score (nSPS) is 9.95. The highest BCUT2D eigenvalue weighted by atomic mass is 35.5. The molecule has 0 unspecified atom stereocenters. The van der Waals surface area contributed by atoms with Crippen LogP contribution >= 0.6 is 11.6 Å². The molecule has 0 N–H and O–H groups in total. The molecule has 0 bridgehead atoms. The third kappa shape index (κ3) is 4.34. The third-order valence-corrected chi connectivity index (χ3v) is 3.45. The van der Waals surface area contributed by atoms with Crippen LogP contribution in [0.4, 0.5) is 0 Å². The van der Waals surface area contributed by atoms with Crippen LogP contribution in [0.1, 0.15) is 16.7 Å². The Labute approximate surface area is 129 Å². The molecular weight excluding hydrogens is 284 g/mol. The van der Waals surface area contributed by atoms with E-state index in [-0.39, 0.29) is 5.91 Å². The highest BCUT2D eigenvalue weighted by molar-refractivity contribution is 6.30. The molecule has 0 aliphatic heterocycles. The van der Waals surface area contributed by atoms with Gasteiger partial charge in [-0.15, -0.1) is 0 Å². The summed E-state index contributed by atoms with van der Waals surface area (Å²) in [6.45, 7) is 0.548. The number of amides is 1. The lowest BCUT2D eigenvalue weighted by Gasteiger charge is -2.17. The van der Waals surface area contributed by atoms with Gasteiger partial charge in [0, 0.05) is 18.6 Å². The van der Waals surface area contributed by atoms with Crippen molar-refractivity contribution in [3.05, 3.63) is 70.2 Å². The van der Waals surface area contributed by atoms with Gasteiger partial charge in [0.1, 0.15) is 0 Å². The second-order valence-corrected chi connectivity index (χ2v) is 5.30. The average molecular weight is 299 g/mol.